The van der Waals surface area contributed by atoms with Crippen molar-refractivity contribution < 1.29 is 13.2 Å². The number of amides is 1. The topological polar surface area (TPSA) is 66.5 Å². The molecular weight excluding hydrogens is 455 g/mol. The normalized spacial score (nSPS) is 17.9. The standard InChI is InChI=1S/C20H21Cl3N2O3S/c1-13-4-7-17(10-18(13)22)24-20(26)14-3-2-8-25(11-14)29(27,28)12-15-5-6-16(21)9-19(15)23/h4-7,9-10,14H,2-3,8,11-12H2,1H3,(H,24,26). The lowest BCUT2D eigenvalue weighted by Gasteiger charge is -2.31. The molecule has 0 bridgehead atoms. The fourth-order valence-electron chi connectivity index (χ4n) is 3.25. The summed E-state index contributed by atoms with van der Waals surface area (Å²) < 4.78 is 27.1. The zero-order valence-electron chi connectivity index (χ0n) is 15.8. The molecule has 0 aliphatic carbocycles. The number of carbonyl (C=O) groups excluding carboxylic acids is 1. The molecule has 2 aromatic rings. The Bertz CT molecular complexity index is 1030. The van der Waals surface area contributed by atoms with Gasteiger partial charge in [0.05, 0.1) is 11.7 Å². The highest BCUT2D eigenvalue weighted by Gasteiger charge is 2.32. The number of anilines is 1. The molecule has 2 aromatic carbocycles. The van der Waals surface area contributed by atoms with E-state index in [1.807, 2.05) is 13.0 Å². The van der Waals surface area contributed by atoms with Crippen molar-refractivity contribution in [3.05, 3.63) is 62.6 Å². The van der Waals surface area contributed by atoms with Crippen molar-refractivity contribution in [1.82, 2.24) is 4.31 Å². The van der Waals surface area contributed by atoms with E-state index < -0.39 is 15.9 Å². The van der Waals surface area contributed by atoms with Gasteiger partial charge in [-0.1, -0.05) is 46.9 Å². The summed E-state index contributed by atoms with van der Waals surface area (Å²) in [6.07, 6.45) is 1.24. The van der Waals surface area contributed by atoms with Gasteiger partial charge in [0.25, 0.3) is 0 Å². The number of hydrogen-bond acceptors (Lipinski definition) is 3. The van der Waals surface area contributed by atoms with E-state index in [9.17, 15) is 13.2 Å². The second-order valence-corrected chi connectivity index (χ2v) is 10.4. The van der Waals surface area contributed by atoms with Gasteiger partial charge >= 0.3 is 0 Å². The van der Waals surface area contributed by atoms with Crippen LogP contribution in [-0.2, 0) is 20.6 Å². The predicted octanol–water partition coefficient (Wildman–Crippen LogP) is 5.14. The molecule has 0 aromatic heterocycles. The van der Waals surface area contributed by atoms with Crippen LogP contribution in [0.1, 0.15) is 24.0 Å². The van der Waals surface area contributed by atoms with Gasteiger partial charge in [-0.05, 0) is 55.2 Å². The Labute approximate surface area is 186 Å². The van der Waals surface area contributed by atoms with Gasteiger partial charge in [0.2, 0.25) is 15.9 Å². The number of halogens is 3. The summed E-state index contributed by atoms with van der Waals surface area (Å²) in [4.78, 5) is 12.7. The number of nitrogens with zero attached hydrogens (tertiary/aromatic N) is 1. The molecule has 0 spiro atoms. The number of sulfonamides is 1. The Morgan fingerprint density at radius 3 is 2.59 bits per heavy atom. The first-order valence-electron chi connectivity index (χ1n) is 9.14. The van der Waals surface area contributed by atoms with Crippen LogP contribution in [-0.4, -0.2) is 31.7 Å². The molecule has 1 amide bonds. The van der Waals surface area contributed by atoms with E-state index in [-0.39, 0.29) is 18.2 Å². The molecule has 5 nitrogen and oxygen atoms in total. The van der Waals surface area contributed by atoms with Gasteiger partial charge in [0.1, 0.15) is 0 Å². The second-order valence-electron chi connectivity index (χ2n) is 7.14. The monoisotopic (exact) mass is 474 g/mol. The summed E-state index contributed by atoms with van der Waals surface area (Å²) >= 11 is 18.1. The largest absolute Gasteiger partial charge is 0.326 e. The molecular formula is C20H21Cl3N2O3S. The van der Waals surface area contributed by atoms with Gasteiger partial charge in [0, 0.05) is 33.8 Å². The molecule has 1 unspecified atom stereocenters. The van der Waals surface area contributed by atoms with Crippen LogP contribution in [0, 0.1) is 12.8 Å². The fourth-order valence-corrected chi connectivity index (χ4v) is 5.63. The number of rotatable bonds is 5. The summed E-state index contributed by atoms with van der Waals surface area (Å²) in [6, 6.07) is 10.0. The predicted molar refractivity (Wildman–Crippen MR) is 118 cm³/mol. The SMILES string of the molecule is Cc1ccc(NC(=O)C2CCCN(S(=O)(=O)Cc3ccc(Cl)cc3Cl)C2)cc1Cl. The van der Waals surface area contributed by atoms with Crippen molar-refractivity contribution in [3.63, 3.8) is 0 Å². The zero-order valence-corrected chi connectivity index (χ0v) is 18.9. The molecule has 1 aliphatic rings. The zero-order chi connectivity index (χ0) is 21.2. The highest BCUT2D eigenvalue weighted by Crippen LogP contribution is 2.27. The highest BCUT2D eigenvalue weighted by atomic mass is 35.5. The third-order valence-corrected chi connectivity index (χ3v) is 7.73. The Kier molecular flexibility index (Phi) is 7.12. The first kappa shape index (κ1) is 22.4. The highest BCUT2D eigenvalue weighted by molar-refractivity contribution is 7.88. The Morgan fingerprint density at radius 2 is 1.90 bits per heavy atom. The fraction of sp³-hybridized carbons (Fsp3) is 0.350. The number of benzene rings is 2. The van der Waals surface area contributed by atoms with Crippen molar-refractivity contribution in [3.8, 4) is 0 Å². The van der Waals surface area contributed by atoms with Crippen LogP contribution in [0.25, 0.3) is 0 Å². The number of piperidine rings is 1. The molecule has 1 N–H and O–H groups in total. The van der Waals surface area contributed by atoms with Gasteiger partial charge in [0.15, 0.2) is 0 Å². The van der Waals surface area contributed by atoms with Crippen LogP contribution < -0.4 is 5.32 Å². The number of aryl methyl sites for hydroxylation is 1. The van der Waals surface area contributed by atoms with Gasteiger partial charge in [-0.25, -0.2) is 12.7 Å². The van der Waals surface area contributed by atoms with E-state index in [4.69, 9.17) is 34.8 Å². The average Bonchev–Trinajstić information content (AvgIpc) is 2.67. The lowest BCUT2D eigenvalue weighted by atomic mass is 9.98. The van der Waals surface area contributed by atoms with Gasteiger partial charge in [-0.15, -0.1) is 0 Å². The maximum atomic E-state index is 12.9. The summed E-state index contributed by atoms with van der Waals surface area (Å²) in [6.45, 7) is 2.40. The van der Waals surface area contributed by atoms with Crippen molar-refractivity contribution in [2.75, 3.05) is 18.4 Å². The minimum Gasteiger partial charge on any atom is -0.326 e. The van der Waals surface area contributed by atoms with Gasteiger partial charge < -0.3 is 5.32 Å². The second kappa shape index (κ2) is 9.23. The van der Waals surface area contributed by atoms with E-state index in [0.29, 0.717) is 45.7 Å². The number of carbonyl (C=O) groups is 1. The van der Waals surface area contributed by atoms with Crippen molar-refractivity contribution in [1.29, 1.82) is 0 Å². The minimum absolute atomic E-state index is 0.138. The first-order valence-corrected chi connectivity index (χ1v) is 11.9. The van der Waals surface area contributed by atoms with E-state index in [2.05, 4.69) is 5.32 Å². The molecule has 29 heavy (non-hydrogen) atoms. The maximum absolute atomic E-state index is 12.9. The Balaban J connectivity index is 1.68. The summed E-state index contributed by atoms with van der Waals surface area (Å²) in [7, 11) is -3.62. The number of hydrogen-bond donors (Lipinski definition) is 1. The van der Waals surface area contributed by atoms with Crippen molar-refractivity contribution in [2.45, 2.75) is 25.5 Å². The summed E-state index contributed by atoms with van der Waals surface area (Å²) in [5.41, 5.74) is 2.00. The molecule has 3 rings (SSSR count). The summed E-state index contributed by atoms with van der Waals surface area (Å²) in [5.74, 6) is -0.876. The molecule has 1 heterocycles. The third kappa shape index (κ3) is 5.64. The average molecular weight is 476 g/mol. The maximum Gasteiger partial charge on any atom is 0.228 e. The van der Waals surface area contributed by atoms with Crippen LogP contribution in [0.5, 0.6) is 0 Å². The van der Waals surface area contributed by atoms with Crippen LogP contribution in [0.3, 0.4) is 0 Å². The van der Waals surface area contributed by atoms with E-state index in [1.165, 1.54) is 10.4 Å². The smallest absolute Gasteiger partial charge is 0.228 e. The Hall–Kier alpha value is -1.31. The van der Waals surface area contributed by atoms with Crippen molar-refractivity contribution >= 4 is 56.4 Å². The molecule has 0 radical (unpaired) electrons. The van der Waals surface area contributed by atoms with Gasteiger partial charge in [-0.3, -0.25) is 4.79 Å². The van der Waals surface area contributed by atoms with Crippen LogP contribution in [0.4, 0.5) is 5.69 Å². The molecule has 1 atom stereocenters. The van der Waals surface area contributed by atoms with Gasteiger partial charge in [-0.2, -0.15) is 0 Å². The summed E-state index contributed by atoms with van der Waals surface area (Å²) in [5, 5.41) is 4.16. The van der Waals surface area contributed by atoms with E-state index in [0.717, 1.165) is 5.56 Å². The van der Waals surface area contributed by atoms with Crippen LogP contribution in [0.15, 0.2) is 36.4 Å². The molecule has 0 saturated carbocycles. The van der Waals surface area contributed by atoms with Crippen molar-refractivity contribution in [2.24, 2.45) is 5.92 Å². The molecule has 156 valence electrons. The number of nitrogens with one attached hydrogen (secondary N) is 1. The third-order valence-electron chi connectivity index (χ3n) is 4.94. The van der Waals surface area contributed by atoms with Crippen LogP contribution >= 0.6 is 34.8 Å². The van der Waals surface area contributed by atoms with E-state index >= 15 is 0 Å². The Morgan fingerprint density at radius 1 is 1.14 bits per heavy atom. The first-order chi connectivity index (χ1) is 13.7. The molecule has 9 heteroatoms. The molecule has 1 fully saturated rings. The quantitative estimate of drug-likeness (QED) is 0.651. The molecule has 1 aliphatic heterocycles. The minimum atomic E-state index is -3.62. The van der Waals surface area contributed by atoms with E-state index in [1.54, 1.807) is 24.3 Å². The van der Waals surface area contributed by atoms with Crippen LogP contribution in [0.2, 0.25) is 15.1 Å². The lowest BCUT2D eigenvalue weighted by Crippen LogP contribution is -2.44. The lowest BCUT2D eigenvalue weighted by molar-refractivity contribution is -0.120. The molecule has 1 saturated heterocycles.